The molecular weight excluding hydrogens is 1250 g/mol. The molecule has 0 aliphatic carbocycles. The SMILES string of the molecule is CCCCCCCCCCCCCc1ccccc1S(=O)(=O)[O-].CCCCCCCCCCCCc1ccccc1S(=O)(=O)[O-].CCCCCCCCCCCc1ccccc1S(=O)(=O)[O-].CCCCCCCCCCc1ccccc1S(=O)(=O)[O-].[Na+].[Na+].[Na+].[Na+]. The van der Waals surface area contributed by atoms with Gasteiger partial charge in [0.2, 0.25) is 0 Å². The molecule has 0 aromatic heterocycles. The quantitative estimate of drug-likeness (QED) is 0.0239. The summed E-state index contributed by atoms with van der Waals surface area (Å²) >= 11 is 0. The van der Waals surface area contributed by atoms with Gasteiger partial charge in [-0.15, -0.1) is 0 Å². The molecule has 0 saturated carbocycles. The third-order valence-corrected chi connectivity index (χ3v) is 19.4. The normalized spacial score (nSPS) is 11.2. The van der Waals surface area contributed by atoms with Gasteiger partial charge in [0.15, 0.2) is 0 Å². The van der Waals surface area contributed by atoms with Gasteiger partial charge >= 0.3 is 118 Å². The van der Waals surface area contributed by atoms with E-state index < -0.39 is 40.5 Å². The molecule has 4 aromatic carbocycles. The molecule has 90 heavy (non-hydrogen) atoms. The molecule has 0 fully saturated rings. The van der Waals surface area contributed by atoms with Crippen LogP contribution in [0.5, 0.6) is 0 Å². The van der Waals surface area contributed by atoms with E-state index in [1.165, 1.54) is 217 Å². The largest absolute Gasteiger partial charge is 1.00 e. The minimum atomic E-state index is -4.35. The van der Waals surface area contributed by atoms with Crippen molar-refractivity contribution < 1.29 is 170 Å². The fraction of sp³-hybridized carbons (Fsp3) is 0.657. The number of unbranched alkanes of at least 4 members (excludes halogenated alkanes) is 34. The Morgan fingerprint density at radius 2 is 0.333 bits per heavy atom. The van der Waals surface area contributed by atoms with Crippen molar-refractivity contribution in [3.8, 4) is 0 Å². The Kier molecular flexibility index (Phi) is 66.6. The Labute approximate surface area is 639 Å². The maximum absolute atomic E-state index is 11.2. The number of hydrogen-bond acceptors (Lipinski definition) is 12. The zero-order chi connectivity index (χ0) is 63.6. The molecule has 0 atom stereocenters. The number of benzene rings is 4. The summed E-state index contributed by atoms with van der Waals surface area (Å²) in [6.45, 7) is 8.91. The summed E-state index contributed by atoms with van der Waals surface area (Å²) in [6, 6.07) is 26.2. The third-order valence-electron chi connectivity index (χ3n) is 15.7. The molecule has 0 amide bonds. The van der Waals surface area contributed by atoms with Crippen molar-refractivity contribution in [2.45, 2.75) is 317 Å². The Balaban J connectivity index is -0.000000540. The molecular formula is C70H112Na4O12S4. The zero-order valence-corrected chi connectivity index (χ0v) is 68.7. The molecule has 0 aliphatic rings. The molecule has 20 heteroatoms. The number of hydrogen-bond donors (Lipinski definition) is 0. The maximum Gasteiger partial charge on any atom is 1.00 e. The van der Waals surface area contributed by atoms with Crippen LogP contribution in [-0.4, -0.2) is 51.9 Å². The Hall–Kier alpha value is 0.520. The third kappa shape index (κ3) is 51.7. The van der Waals surface area contributed by atoms with Gasteiger partial charge in [-0.3, -0.25) is 0 Å². The summed E-state index contributed by atoms with van der Waals surface area (Å²) in [5.41, 5.74) is 2.65. The van der Waals surface area contributed by atoms with Crippen molar-refractivity contribution in [3.05, 3.63) is 119 Å². The molecule has 0 spiro atoms. The predicted octanol–water partition coefficient (Wildman–Crippen LogP) is 7.45. The van der Waals surface area contributed by atoms with Gasteiger partial charge in [-0.05, 0) is 97.9 Å². The molecule has 0 heterocycles. The molecule has 0 saturated heterocycles. The first-order chi connectivity index (χ1) is 41.2. The van der Waals surface area contributed by atoms with Crippen LogP contribution in [0.25, 0.3) is 0 Å². The Bertz CT molecular complexity index is 2790. The van der Waals surface area contributed by atoms with E-state index in [4.69, 9.17) is 0 Å². The van der Waals surface area contributed by atoms with Crippen molar-refractivity contribution in [2.75, 3.05) is 0 Å². The van der Waals surface area contributed by atoms with Crippen molar-refractivity contribution in [1.29, 1.82) is 0 Å². The van der Waals surface area contributed by atoms with E-state index in [1.54, 1.807) is 72.8 Å². The van der Waals surface area contributed by atoms with Crippen LogP contribution in [0, 0.1) is 0 Å². The van der Waals surface area contributed by atoms with Gasteiger partial charge in [0.25, 0.3) is 0 Å². The van der Waals surface area contributed by atoms with Gasteiger partial charge in [0, 0.05) is 0 Å². The van der Waals surface area contributed by atoms with Crippen LogP contribution in [0.3, 0.4) is 0 Å². The standard InChI is InChI=1S/C19H32O3S.C18H30O3S.C17H28O3S.C16H26O3S.4Na/c1-2-3-4-5-6-7-8-9-10-11-12-15-18-16-13-14-17-19(18)23(20,21)22;1-2-3-4-5-6-7-8-9-10-11-14-17-15-12-13-16-18(17)22(19,20)21;1-2-3-4-5-6-7-8-9-10-13-16-14-11-12-15-17(16)21(18,19)20;1-2-3-4-5-6-7-8-9-12-15-13-10-11-14-16(15)20(17,18)19;;;;/h13-14,16-17H,2-12,15H2,1H3,(H,20,21,22);12-13,15-16H,2-11,14H2,1H3,(H,19,20,21);11-12,14-15H,2-10,13H2,1H3,(H,18,19,20);10-11,13-14H,2-9,12H2,1H3,(H,17,18,19);;;;/q;;;;4*+1/p-4. The van der Waals surface area contributed by atoms with Crippen LogP contribution in [-0.2, 0) is 66.2 Å². The van der Waals surface area contributed by atoms with Gasteiger partial charge in [-0.1, -0.05) is 319 Å². The van der Waals surface area contributed by atoms with E-state index in [-0.39, 0.29) is 138 Å². The second kappa shape index (κ2) is 61.8. The van der Waals surface area contributed by atoms with Crippen molar-refractivity contribution in [2.24, 2.45) is 0 Å². The van der Waals surface area contributed by atoms with Crippen molar-refractivity contribution in [1.82, 2.24) is 0 Å². The Morgan fingerprint density at radius 1 is 0.211 bits per heavy atom. The summed E-state index contributed by atoms with van der Waals surface area (Å²) in [5, 5.41) is 0. The van der Waals surface area contributed by atoms with Gasteiger partial charge in [0.1, 0.15) is 40.5 Å². The summed E-state index contributed by atoms with van der Waals surface area (Å²) in [6.07, 6.45) is 49.8. The topological polar surface area (TPSA) is 229 Å². The van der Waals surface area contributed by atoms with Crippen molar-refractivity contribution in [3.63, 3.8) is 0 Å². The summed E-state index contributed by atoms with van der Waals surface area (Å²) in [4.78, 5) is -0.203. The zero-order valence-electron chi connectivity index (χ0n) is 57.5. The fourth-order valence-corrected chi connectivity index (χ4v) is 13.6. The maximum atomic E-state index is 11.2. The number of aryl methyl sites for hydroxylation is 4. The molecule has 0 radical (unpaired) electrons. The monoisotopic (exact) mass is 1360 g/mol. The van der Waals surface area contributed by atoms with E-state index in [0.717, 1.165) is 51.4 Å². The van der Waals surface area contributed by atoms with Crippen LogP contribution in [0.1, 0.15) is 294 Å². The minimum Gasteiger partial charge on any atom is -0.744 e. The van der Waals surface area contributed by atoms with E-state index in [1.807, 2.05) is 0 Å². The van der Waals surface area contributed by atoms with Crippen LogP contribution in [0.4, 0.5) is 0 Å². The van der Waals surface area contributed by atoms with Crippen LogP contribution in [0.15, 0.2) is 117 Å². The molecule has 12 nitrogen and oxygen atoms in total. The first-order valence-corrected chi connectivity index (χ1v) is 39.0. The second-order valence-electron chi connectivity index (χ2n) is 23.3. The summed E-state index contributed by atoms with van der Waals surface area (Å²) in [5.74, 6) is 0. The van der Waals surface area contributed by atoms with Crippen LogP contribution >= 0.6 is 0 Å². The molecule has 4 aromatic rings. The van der Waals surface area contributed by atoms with E-state index in [9.17, 15) is 51.9 Å². The smallest absolute Gasteiger partial charge is 0.744 e. The average molecular weight is 1370 g/mol. The first kappa shape index (κ1) is 96.9. The average Bonchev–Trinajstić information content (AvgIpc) is 1.62. The molecule has 492 valence electrons. The van der Waals surface area contributed by atoms with Crippen molar-refractivity contribution >= 4 is 40.5 Å². The van der Waals surface area contributed by atoms with Gasteiger partial charge < -0.3 is 18.2 Å². The molecule has 0 unspecified atom stereocenters. The molecule has 0 N–H and O–H groups in total. The summed E-state index contributed by atoms with van der Waals surface area (Å²) < 4.78 is 134. The Morgan fingerprint density at radius 3 is 0.467 bits per heavy atom. The summed E-state index contributed by atoms with van der Waals surface area (Å²) in [7, 11) is -17.4. The predicted molar refractivity (Wildman–Crippen MR) is 351 cm³/mol. The molecule has 0 aliphatic heterocycles. The molecule has 4 rings (SSSR count). The number of rotatable bonds is 46. The van der Waals surface area contributed by atoms with Crippen LogP contribution in [0.2, 0.25) is 0 Å². The first-order valence-electron chi connectivity index (χ1n) is 33.4. The fourth-order valence-electron chi connectivity index (χ4n) is 10.7. The molecule has 0 bridgehead atoms. The van der Waals surface area contributed by atoms with Crippen LogP contribution < -0.4 is 118 Å². The van der Waals surface area contributed by atoms with Gasteiger partial charge in [0.05, 0.1) is 19.6 Å². The second-order valence-corrected chi connectivity index (χ2v) is 28.7. The van der Waals surface area contributed by atoms with E-state index >= 15 is 0 Å². The minimum absolute atomic E-state index is 0. The van der Waals surface area contributed by atoms with Gasteiger partial charge in [-0.25, -0.2) is 33.7 Å². The van der Waals surface area contributed by atoms with Gasteiger partial charge in [-0.2, -0.15) is 0 Å². The van der Waals surface area contributed by atoms with E-state index in [0.29, 0.717) is 47.9 Å². The van der Waals surface area contributed by atoms with E-state index in [2.05, 4.69) is 27.7 Å².